The van der Waals surface area contributed by atoms with Crippen LogP contribution >= 0.6 is 0 Å². The zero-order valence-corrected chi connectivity index (χ0v) is 15.1. The maximum Gasteiger partial charge on any atom is 0.0720 e. The molecular weight excluding hydrogens is 310 g/mol. The summed E-state index contributed by atoms with van der Waals surface area (Å²) < 4.78 is 11.4. The molecule has 0 amide bonds. The van der Waals surface area contributed by atoms with Crippen molar-refractivity contribution < 1.29 is 9.47 Å². The molecule has 3 nitrogen and oxygen atoms in total. The van der Waals surface area contributed by atoms with Crippen molar-refractivity contribution in [2.75, 3.05) is 13.2 Å². The van der Waals surface area contributed by atoms with Gasteiger partial charge in [0.15, 0.2) is 0 Å². The Morgan fingerprint density at radius 3 is 2.56 bits per heavy atom. The third-order valence-electron chi connectivity index (χ3n) is 4.81. The first kappa shape index (κ1) is 18.1. The van der Waals surface area contributed by atoms with Gasteiger partial charge in [-0.05, 0) is 36.0 Å². The van der Waals surface area contributed by atoms with Crippen LogP contribution in [-0.4, -0.2) is 19.3 Å². The molecule has 0 aromatic heterocycles. The first-order valence-corrected chi connectivity index (χ1v) is 9.40. The van der Waals surface area contributed by atoms with E-state index < -0.39 is 0 Å². The molecule has 1 heterocycles. The van der Waals surface area contributed by atoms with Crippen molar-refractivity contribution in [3.8, 4) is 0 Å². The van der Waals surface area contributed by atoms with Gasteiger partial charge in [-0.3, -0.25) is 0 Å². The quantitative estimate of drug-likeness (QED) is 0.761. The molecule has 1 N–H and O–H groups in total. The topological polar surface area (TPSA) is 30.5 Å². The molecule has 1 fully saturated rings. The van der Waals surface area contributed by atoms with Crippen LogP contribution in [0.4, 0.5) is 0 Å². The second-order valence-corrected chi connectivity index (χ2v) is 6.70. The van der Waals surface area contributed by atoms with E-state index in [1.807, 2.05) is 0 Å². The number of nitrogens with one attached hydrogen (secondary N) is 1. The maximum atomic E-state index is 6.04. The van der Waals surface area contributed by atoms with Gasteiger partial charge >= 0.3 is 0 Å². The first-order valence-electron chi connectivity index (χ1n) is 9.40. The van der Waals surface area contributed by atoms with Crippen molar-refractivity contribution in [2.45, 2.75) is 51.5 Å². The highest BCUT2D eigenvalue weighted by molar-refractivity contribution is 5.24. The highest BCUT2D eigenvalue weighted by atomic mass is 16.5. The summed E-state index contributed by atoms with van der Waals surface area (Å²) in [7, 11) is 0. The lowest BCUT2D eigenvalue weighted by Gasteiger charge is -2.22. The number of hydrogen-bond donors (Lipinski definition) is 1. The molecule has 1 unspecified atom stereocenters. The van der Waals surface area contributed by atoms with Crippen LogP contribution < -0.4 is 5.32 Å². The highest BCUT2D eigenvalue weighted by Gasteiger charge is 2.14. The number of benzene rings is 2. The molecule has 3 heteroatoms. The minimum absolute atomic E-state index is 0.345. The Labute approximate surface area is 151 Å². The second-order valence-electron chi connectivity index (χ2n) is 6.70. The van der Waals surface area contributed by atoms with Crippen LogP contribution in [0.2, 0.25) is 0 Å². The van der Waals surface area contributed by atoms with E-state index in [1.54, 1.807) is 0 Å². The van der Waals surface area contributed by atoms with E-state index in [-0.39, 0.29) is 0 Å². The summed E-state index contributed by atoms with van der Waals surface area (Å²) in [6, 6.07) is 19.8. The van der Waals surface area contributed by atoms with Crippen LogP contribution in [0.1, 0.15) is 48.9 Å². The fraction of sp³-hybridized carbons (Fsp3) is 0.455. The summed E-state index contributed by atoms with van der Waals surface area (Å²) in [5, 5.41) is 3.68. The lowest BCUT2D eigenvalue weighted by Crippen LogP contribution is -2.23. The molecule has 2 aromatic rings. The van der Waals surface area contributed by atoms with Crippen LogP contribution in [0.5, 0.6) is 0 Å². The summed E-state index contributed by atoms with van der Waals surface area (Å²) in [6.45, 7) is 5.44. The Hall–Kier alpha value is -1.68. The van der Waals surface area contributed by atoms with Gasteiger partial charge < -0.3 is 14.8 Å². The summed E-state index contributed by atoms with van der Waals surface area (Å²) in [5.41, 5.74) is 3.91. The van der Waals surface area contributed by atoms with Crippen molar-refractivity contribution >= 4 is 0 Å². The molecule has 3 rings (SSSR count). The number of hydrogen-bond acceptors (Lipinski definition) is 3. The van der Waals surface area contributed by atoms with Gasteiger partial charge in [0.1, 0.15) is 0 Å². The van der Waals surface area contributed by atoms with Crippen molar-refractivity contribution in [1.29, 1.82) is 0 Å². The minimum atomic E-state index is 0.345. The fourth-order valence-electron chi connectivity index (χ4n) is 3.31. The van der Waals surface area contributed by atoms with Crippen LogP contribution in [0.15, 0.2) is 54.6 Å². The maximum absolute atomic E-state index is 6.04. The number of rotatable bonds is 8. The molecule has 0 saturated carbocycles. The van der Waals surface area contributed by atoms with Gasteiger partial charge in [-0.15, -0.1) is 0 Å². The molecule has 0 spiro atoms. The Morgan fingerprint density at radius 1 is 1.04 bits per heavy atom. The van der Waals surface area contributed by atoms with Gasteiger partial charge in [0, 0.05) is 25.8 Å². The van der Waals surface area contributed by atoms with Crippen molar-refractivity contribution in [1.82, 2.24) is 5.32 Å². The van der Waals surface area contributed by atoms with E-state index in [4.69, 9.17) is 9.47 Å². The fourth-order valence-corrected chi connectivity index (χ4v) is 3.31. The van der Waals surface area contributed by atoms with Gasteiger partial charge in [0.2, 0.25) is 0 Å². The summed E-state index contributed by atoms with van der Waals surface area (Å²) in [6.07, 6.45) is 3.45. The van der Waals surface area contributed by atoms with E-state index in [9.17, 15) is 0 Å². The van der Waals surface area contributed by atoms with E-state index in [2.05, 4.69) is 66.8 Å². The average Bonchev–Trinajstić information content (AvgIpc) is 2.69. The van der Waals surface area contributed by atoms with Crippen molar-refractivity contribution in [2.24, 2.45) is 0 Å². The predicted molar refractivity (Wildman–Crippen MR) is 101 cm³/mol. The number of ether oxygens (including phenoxy) is 2. The molecule has 1 atom stereocenters. The van der Waals surface area contributed by atoms with Gasteiger partial charge in [-0.1, -0.05) is 61.5 Å². The summed E-state index contributed by atoms with van der Waals surface area (Å²) >= 11 is 0. The largest absolute Gasteiger partial charge is 0.381 e. The molecule has 0 bridgehead atoms. The Balaban J connectivity index is 1.52. The van der Waals surface area contributed by atoms with Gasteiger partial charge in [0.25, 0.3) is 0 Å². The minimum Gasteiger partial charge on any atom is -0.381 e. The van der Waals surface area contributed by atoms with Crippen molar-refractivity contribution in [3.63, 3.8) is 0 Å². The van der Waals surface area contributed by atoms with E-state index in [0.29, 0.717) is 18.8 Å². The standard InChI is InChI=1S/C22H29NO2/c1-2-22(20-9-4-3-5-10-20)23-16-18-7-6-8-19(15-18)17-25-21-11-13-24-14-12-21/h3-10,15,21-23H,2,11-14,16-17H2,1H3. The molecule has 0 radical (unpaired) electrons. The summed E-state index contributed by atoms with van der Waals surface area (Å²) in [5.74, 6) is 0. The van der Waals surface area contributed by atoms with Gasteiger partial charge in [-0.25, -0.2) is 0 Å². The second kappa shape index (κ2) is 9.71. The van der Waals surface area contributed by atoms with Crippen molar-refractivity contribution in [3.05, 3.63) is 71.3 Å². The molecule has 1 aliphatic heterocycles. The molecule has 25 heavy (non-hydrogen) atoms. The monoisotopic (exact) mass is 339 g/mol. The molecule has 2 aromatic carbocycles. The summed E-state index contributed by atoms with van der Waals surface area (Å²) in [4.78, 5) is 0. The van der Waals surface area contributed by atoms with Crippen LogP contribution in [0.25, 0.3) is 0 Å². The third kappa shape index (κ3) is 5.67. The molecule has 1 aliphatic rings. The lowest BCUT2D eigenvalue weighted by atomic mass is 10.0. The van der Waals surface area contributed by atoms with E-state index in [1.165, 1.54) is 16.7 Å². The van der Waals surface area contributed by atoms with Crippen LogP contribution in [-0.2, 0) is 22.6 Å². The SMILES string of the molecule is CCC(NCc1cccc(COC2CCOCC2)c1)c1ccccc1. The van der Waals surface area contributed by atoms with Crippen LogP contribution in [0, 0.1) is 0 Å². The molecular formula is C22H29NO2. The lowest BCUT2D eigenvalue weighted by molar-refractivity contribution is -0.0390. The first-order chi connectivity index (χ1) is 12.3. The average molecular weight is 339 g/mol. The highest BCUT2D eigenvalue weighted by Crippen LogP contribution is 2.18. The van der Waals surface area contributed by atoms with Gasteiger partial charge in [-0.2, -0.15) is 0 Å². The van der Waals surface area contributed by atoms with Crippen LogP contribution in [0.3, 0.4) is 0 Å². The Bertz CT molecular complexity index is 623. The Kier molecular flexibility index (Phi) is 7.04. The van der Waals surface area contributed by atoms with E-state index in [0.717, 1.165) is 39.0 Å². The third-order valence-corrected chi connectivity index (χ3v) is 4.81. The van der Waals surface area contributed by atoms with Gasteiger partial charge in [0.05, 0.1) is 12.7 Å². The smallest absolute Gasteiger partial charge is 0.0720 e. The normalized spacial score (nSPS) is 16.7. The Morgan fingerprint density at radius 2 is 1.80 bits per heavy atom. The zero-order valence-electron chi connectivity index (χ0n) is 15.1. The zero-order chi connectivity index (χ0) is 17.3. The predicted octanol–water partition coefficient (Wildman–Crippen LogP) is 4.62. The van der Waals surface area contributed by atoms with E-state index >= 15 is 0 Å². The molecule has 1 saturated heterocycles. The molecule has 134 valence electrons. The molecule has 0 aliphatic carbocycles.